The summed E-state index contributed by atoms with van der Waals surface area (Å²) in [4.78, 5) is 1.46. The van der Waals surface area contributed by atoms with Crippen molar-refractivity contribution in [1.82, 2.24) is 0 Å². The highest BCUT2D eigenvalue weighted by molar-refractivity contribution is 8.00. The van der Waals surface area contributed by atoms with Crippen LogP contribution in [-0.2, 0) is 0 Å². The van der Waals surface area contributed by atoms with Crippen molar-refractivity contribution in [3.63, 3.8) is 0 Å². The van der Waals surface area contributed by atoms with Gasteiger partial charge in [-0.25, -0.2) is 0 Å². The average Bonchev–Trinajstić information content (AvgIpc) is 3.31. The van der Waals surface area contributed by atoms with Gasteiger partial charge in [0, 0.05) is 10.1 Å². The van der Waals surface area contributed by atoms with Crippen molar-refractivity contribution < 1.29 is 0 Å². The van der Waals surface area contributed by atoms with E-state index in [1.54, 1.807) is 0 Å². The Balaban J connectivity index is 1.30. The summed E-state index contributed by atoms with van der Waals surface area (Å²) < 4.78 is 0. The lowest BCUT2D eigenvalue weighted by Crippen LogP contribution is -2.55. The molecule has 0 saturated heterocycles. The van der Waals surface area contributed by atoms with Crippen LogP contribution in [0.4, 0.5) is 0 Å². The average molecular weight is 324 g/mol. The van der Waals surface area contributed by atoms with Gasteiger partial charge >= 0.3 is 0 Å². The maximum Gasteiger partial charge on any atom is 0.0774 e. The topological polar surface area (TPSA) is 24.7 Å². The molecule has 4 fully saturated rings. The van der Waals surface area contributed by atoms with Crippen molar-refractivity contribution in [2.24, 2.45) is 45.7 Å². The molecule has 7 rings (SSSR count). The lowest BCUT2D eigenvalue weighted by molar-refractivity contribution is 0.0100. The van der Waals surface area contributed by atoms with E-state index in [0.717, 1.165) is 40.8 Å². The van der Waals surface area contributed by atoms with Gasteiger partial charge in [0.1, 0.15) is 0 Å². The Labute approximate surface area is 142 Å². The van der Waals surface area contributed by atoms with Gasteiger partial charge in [0.15, 0.2) is 0 Å². The van der Waals surface area contributed by atoms with E-state index in [2.05, 4.69) is 42.1 Å². The molecular formula is C20H24N2S. The van der Waals surface area contributed by atoms with E-state index in [1.165, 1.54) is 37.0 Å². The summed E-state index contributed by atoms with van der Waals surface area (Å²) in [6.07, 6.45) is 7.21. The molecule has 4 aliphatic carbocycles. The first-order chi connectivity index (χ1) is 11.4. The second-order valence-corrected chi connectivity index (χ2v) is 9.80. The summed E-state index contributed by atoms with van der Waals surface area (Å²) in [5, 5.41) is 10.5. The number of azo groups is 1. The molecule has 9 atom stereocenters. The molecule has 0 spiro atoms. The molecule has 1 aromatic carbocycles. The zero-order valence-electron chi connectivity index (χ0n) is 13.4. The van der Waals surface area contributed by atoms with E-state index in [0.29, 0.717) is 12.1 Å². The summed E-state index contributed by atoms with van der Waals surface area (Å²) in [6.45, 7) is 0. The van der Waals surface area contributed by atoms with Gasteiger partial charge in [-0.15, -0.1) is 11.8 Å². The predicted octanol–water partition coefficient (Wildman–Crippen LogP) is 5.05. The van der Waals surface area contributed by atoms with E-state index in [4.69, 9.17) is 10.2 Å². The van der Waals surface area contributed by atoms with Crippen molar-refractivity contribution in [2.45, 2.75) is 54.3 Å². The normalized spacial score (nSPS) is 51.9. The van der Waals surface area contributed by atoms with Crippen LogP contribution >= 0.6 is 11.8 Å². The first kappa shape index (κ1) is 13.5. The fraction of sp³-hybridized carbons (Fsp3) is 0.700. The highest BCUT2D eigenvalue weighted by Crippen LogP contribution is 2.66. The van der Waals surface area contributed by atoms with Gasteiger partial charge in [0.25, 0.3) is 0 Å². The van der Waals surface area contributed by atoms with Gasteiger partial charge in [-0.05, 0) is 73.3 Å². The first-order valence-electron chi connectivity index (χ1n) is 9.52. The molecule has 6 aliphatic rings. The third-order valence-electron chi connectivity index (χ3n) is 7.73. The van der Waals surface area contributed by atoms with Crippen LogP contribution in [0.3, 0.4) is 0 Å². The lowest BCUT2D eigenvalue weighted by Gasteiger charge is -2.52. The molecule has 0 N–H and O–H groups in total. The molecule has 2 nitrogen and oxygen atoms in total. The zero-order valence-corrected chi connectivity index (χ0v) is 14.2. The molecule has 4 bridgehead atoms. The Morgan fingerprint density at radius 2 is 1.57 bits per heavy atom. The van der Waals surface area contributed by atoms with Gasteiger partial charge in [0.05, 0.1) is 12.1 Å². The van der Waals surface area contributed by atoms with Crippen LogP contribution in [0.5, 0.6) is 0 Å². The van der Waals surface area contributed by atoms with Crippen molar-refractivity contribution in [3.05, 3.63) is 30.3 Å². The van der Waals surface area contributed by atoms with Gasteiger partial charge in [-0.1, -0.05) is 24.6 Å². The Morgan fingerprint density at radius 1 is 0.826 bits per heavy atom. The highest BCUT2D eigenvalue weighted by Gasteiger charge is 2.65. The smallest absolute Gasteiger partial charge is 0.0774 e. The lowest BCUT2D eigenvalue weighted by atomic mass is 9.58. The zero-order chi connectivity index (χ0) is 15.0. The first-order valence-corrected chi connectivity index (χ1v) is 10.4. The van der Waals surface area contributed by atoms with Crippen molar-refractivity contribution in [2.75, 3.05) is 0 Å². The van der Waals surface area contributed by atoms with Gasteiger partial charge in [-0.2, -0.15) is 10.2 Å². The Morgan fingerprint density at radius 3 is 2.35 bits per heavy atom. The molecule has 0 aromatic heterocycles. The van der Waals surface area contributed by atoms with E-state index < -0.39 is 0 Å². The molecule has 23 heavy (non-hydrogen) atoms. The fourth-order valence-electron chi connectivity index (χ4n) is 7.10. The van der Waals surface area contributed by atoms with Crippen LogP contribution in [0, 0.1) is 35.5 Å². The monoisotopic (exact) mass is 324 g/mol. The maximum atomic E-state index is 4.86. The number of rotatable bonds is 2. The standard InChI is InChI=1S/C20H24N2S/c1-2-5-12(6-3-1)23-16-10-11-9-15(16)18-17(11)19-13-7-4-8-14(13)20(18)22-21-19/h1-3,5-6,11,13-20H,4,7-10H2. The summed E-state index contributed by atoms with van der Waals surface area (Å²) in [5.74, 6) is 5.41. The number of hydrogen-bond donors (Lipinski definition) is 0. The Hall–Kier alpha value is -0.830. The number of fused-ring (bicyclic) bond motifs is 2. The number of hydrogen-bond acceptors (Lipinski definition) is 3. The molecule has 3 heteroatoms. The minimum Gasteiger partial charge on any atom is -0.190 e. The molecule has 9 unspecified atom stereocenters. The molecule has 4 saturated carbocycles. The van der Waals surface area contributed by atoms with Crippen LogP contribution in [0.25, 0.3) is 0 Å². The molecule has 2 heterocycles. The van der Waals surface area contributed by atoms with Gasteiger partial charge in [0.2, 0.25) is 0 Å². The summed E-state index contributed by atoms with van der Waals surface area (Å²) in [6, 6.07) is 12.3. The molecule has 0 radical (unpaired) electrons. The third-order valence-corrected chi connectivity index (χ3v) is 9.11. The van der Waals surface area contributed by atoms with Crippen molar-refractivity contribution >= 4 is 11.8 Å². The SMILES string of the molecule is c1ccc(SC2CC3CC2C2C4N=NC(C5CCCC54)C32)cc1. The quantitative estimate of drug-likeness (QED) is 0.747. The van der Waals surface area contributed by atoms with E-state index >= 15 is 0 Å². The van der Waals surface area contributed by atoms with Crippen molar-refractivity contribution in [1.29, 1.82) is 0 Å². The minimum absolute atomic E-state index is 0.590. The van der Waals surface area contributed by atoms with Crippen LogP contribution in [0.2, 0.25) is 0 Å². The van der Waals surface area contributed by atoms with E-state index in [1.807, 2.05) is 0 Å². The van der Waals surface area contributed by atoms with Crippen LogP contribution in [0.15, 0.2) is 45.5 Å². The Kier molecular flexibility index (Phi) is 2.83. The largest absolute Gasteiger partial charge is 0.190 e. The van der Waals surface area contributed by atoms with Crippen LogP contribution in [0.1, 0.15) is 32.1 Å². The number of thioether (sulfide) groups is 1. The van der Waals surface area contributed by atoms with E-state index in [9.17, 15) is 0 Å². The molecule has 0 amide bonds. The second-order valence-electron chi connectivity index (χ2n) is 8.49. The summed E-state index contributed by atoms with van der Waals surface area (Å²) in [7, 11) is 0. The number of nitrogens with zero attached hydrogens (tertiary/aromatic N) is 2. The van der Waals surface area contributed by atoms with Crippen LogP contribution in [-0.4, -0.2) is 17.3 Å². The molecular weight excluding hydrogens is 300 g/mol. The molecule has 1 aromatic rings. The second kappa shape index (κ2) is 4.84. The summed E-state index contributed by atoms with van der Waals surface area (Å²) in [5.41, 5.74) is 0. The predicted molar refractivity (Wildman–Crippen MR) is 92.5 cm³/mol. The maximum absolute atomic E-state index is 4.86. The van der Waals surface area contributed by atoms with Gasteiger partial charge < -0.3 is 0 Å². The van der Waals surface area contributed by atoms with E-state index in [-0.39, 0.29) is 0 Å². The summed E-state index contributed by atoms with van der Waals surface area (Å²) >= 11 is 2.15. The fourth-order valence-corrected chi connectivity index (χ4v) is 8.58. The van der Waals surface area contributed by atoms with Crippen molar-refractivity contribution in [3.8, 4) is 0 Å². The minimum atomic E-state index is 0.590. The molecule has 2 aliphatic heterocycles. The van der Waals surface area contributed by atoms with Gasteiger partial charge in [-0.3, -0.25) is 0 Å². The third kappa shape index (κ3) is 1.78. The number of benzene rings is 1. The highest BCUT2D eigenvalue weighted by atomic mass is 32.2. The molecule has 120 valence electrons. The van der Waals surface area contributed by atoms with Crippen LogP contribution < -0.4 is 0 Å². The Bertz CT molecular complexity index is 644.